The van der Waals surface area contributed by atoms with Crippen molar-refractivity contribution in [2.75, 3.05) is 0 Å². The molecule has 0 bridgehead atoms. The summed E-state index contributed by atoms with van der Waals surface area (Å²) in [7, 11) is 0. The molecule has 1 aliphatic carbocycles. The Balaban J connectivity index is 1.29. The van der Waals surface area contributed by atoms with Gasteiger partial charge in [0.05, 0.1) is 36.1 Å². The lowest BCUT2D eigenvalue weighted by Gasteiger charge is -2.25. The molecule has 6 nitrogen and oxygen atoms in total. The van der Waals surface area contributed by atoms with E-state index in [9.17, 15) is 4.79 Å². The van der Waals surface area contributed by atoms with Gasteiger partial charge in [-0.05, 0) is 61.6 Å². The van der Waals surface area contributed by atoms with Gasteiger partial charge in [-0.1, -0.05) is 6.07 Å². The summed E-state index contributed by atoms with van der Waals surface area (Å²) in [5.74, 6) is -0.0187. The number of aliphatic imine (C=N–C) groups is 1. The second-order valence-electron chi connectivity index (χ2n) is 7.92. The molecule has 0 unspecified atom stereocenters. The first-order valence-electron chi connectivity index (χ1n) is 10.4. The number of aromatic nitrogens is 3. The van der Waals surface area contributed by atoms with Crippen molar-refractivity contribution in [1.82, 2.24) is 20.3 Å². The van der Waals surface area contributed by atoms with E-state index in [4.69, 9.17) is 4.99 Å². The summed E-state index contributed by atoms with van der Waals surface area (Å²) in [6.07, 6.45) is 8.72. The maximum absolute atomic E-state index is 12.7. The highest BCUT2D eigenvalue weighted by Crippen LogP contribution is 2.28. The van der Waals surface area contributed by atoms with Crippen molar-refractivity contribution >= 4 is 11.6 Å². The lowest BCUT2D eigenvalue weighted by Crippen LogP contribution is -2.32. The molecular formula is C24H23N5O. The van der Waals surface area contributed by atoms with Gasteiger partial charge in [0.25, 0.3) is 0 Å². The van der Waals surface area contributed by atoms with Crippen LogP contribution in [0.3, 0.4) is 0 Å². The first-order chi connectivity index (χ1) is 14.7. The molecule has 5 rings (SSSR count). The third-order valence-corrected chi connectivity index (χ3v) is 5.75. The number of aryl methyl sites for hydroxylation is 2. The molecule has 3 aromatic heterocycles. The highest BCUT2D eigenvalue weighted by atomic mass is 16.1. The normalized spacial score (nSPS) is 17.1. The van der Waals surface area contributed by atoms with Crippen LogP contribution in [0.25, 0.3) is 0 Å². The van der Waals surface area contributed by atoms with Crippen LogP contribution < -0.4 is 5.32 Å². The van der Waals surface area contributed by atoms with Gasteiger partial charge < -0.3 is 5.32 Å². The molecule has 1 atom stereocenters. The number of rotatable bonds is 4. The van der Waals surface area contributed by atoms with Crippen LogP contribution in [-0.2, 0) is 24.2 Å². The van der Waals surface area contributed by atoms with Crippen molar-refractivity contribution in [3.05, 3.63) is 88.3 Å². The van der Waals surface area contributed by atoms with E-state index >= 15 is 0 Å². The molecule has 6 heteroatoms. The van der Waals surface area contributed by atoms with E-state index in [1.807, 2.05) is 37.4 Å². The van der Waals surface area contributed by atoms with E-state index in [2.05, 4.69) is 26.3 Å². The molecule has 1 N–H and O–H groups in total. The minimum atomic E-state index is -0.0187. The third kappa shape index (κ3) is 3.61. The van der Waals surface area contributed by atoms with Gasteiger partial charge in [0.15, 0.2) is 0 Å². The lowest BCUT2D eigenvalue weighted by molar-refractivity contribution is -0.121. The Bertz CT molecular complexity index is 1150. The van der Waals surface area contributed by atoms with Gasteiger partial charge in [0, 0.05) is 35.4 Å². The zero-order valence-electron chi connectivity index (χ0n) is 16.9. The number of nitrogens with one attached hydrogen (secondary N) is 1. The van der Waals surface area contributed by atoms with Gasteiger partial charge in [0.1, 0.15) is 0 Å². The van der Waals surface area contributed by atoms with Crippen LogP contribution in [0.1, 0.15) is 58.2 Å². The monoisotopic (exact) mass is 397 g/mol. The predicted molar refractivity (Wildman–Crippen MR) is 114 cm³/mol. The number of fused-ring (bicyclic) bond motifs is 2. The molecule has 0 saturated heterocycles. The summed E-state index contributed by atoms with van der Waals surface area (Å²) >= 11 is 0. The summed E-state index contributed by atoms with van der Waals surface area (Å²) in [6.45, 7) is 2.59. The van der Waals surface area contributed by atoms with E-state index in [1.165, 1.54) is 5.56 Å². The van der Waals surface area contributed by atoms with Gasteiger partial charge in [-0.25, -0.2) is 0 Å². The average molecular weight is 397 g/mol. The fourth-order valence-electron chi connectivity index (χ4n) is 4.34. The Labute approximate surface area is 175 Å². The van der Waals surface area contributed by atoms with Crippen molar-refractivity contribution in [3.63, 3.8) is 0 Å². The van der Waals surface area contributed by atoms with Crippen LogP contribution in [-0.4, -0.2) is 26.6 Å². The number of amides is 1. The number of carbonyl (C=O) groups excluding carboxylic acids is 1. The smallest absolute Gasteiger partial charge is 0.226 e. The van der Waals surface area contributed by atoms with E-state index in [1.54, 1.807) is 12.4 Å². The molecule has 0 radical (unpaired) electrons. The minimum Gasteiger partial charge on any atom is -0.347 e. The van der Waals surface area contributed by atoms with E-state index < -0.39 is 0 Å². The van der Waals surface area contributed by atoms with Crippen molar-refractivity contribution in [2.24, 2.45) is 4.99 Å². The van der Waals surface area contributed by atoms with E-state index in [0.717, 1.165) is 58.7 Å². The van der Waals surface area contributed by atoms with Crippen LogP contribution in [0, 0.1) is 6.92 Å². The zero-order valence-corrected chi connectivity index (χ0v) is 16.9. The van der Waals surface area contributed by atoms with Gasteiger partial charge in [-0.15, -0.1) is 0 Å². The number of nitrogens with zero attached hydrogens (tertiary/aromatic N) is 4. The minimum absolute atomic E-state index is 0.0123. The highest BCUT2D eigenvalue weighted by Gasteiger charge is 2.24. The van der Waals surface area contributed by atoms with Gasteiger partial charge >= 0.3 is 0 Å². The second kappa shape index (κ2) is 7.78. The summed E-state index contributed by atoms with van der Waals surface area (Å²) < 4.78 is 0. The Morgan fingerprint density at radius 2 is 2.07 bits per heavy atom. The quantitative estimate of drug-likeness (QED) is 0.733. The SMILES string of the molecule is Cc1cc(C2=NCc3cc(CC(=O)N[C@@H]4CCCc5cccnc54)ncc32)ccn1. The summed E-state index contributed by atoms with van der Waals surface area (Å²) in [5.41, 5.74) is 8.12. The maximum atomic E-state index is 12.7. The molecule has 0 saturated carbocycles. The number of hydrogen-bond acceptors (Lipinski definition) is 5. The number of pyridine rings is 3. The Morgan fingerprint density at radius 3 is 2.97 bits per heavy atom. The van der Waals surface area contributed by atoms with Crippen molar-refractivity contribution < 1.29 is 4.79 Å². The van der Waals surface area contributed by atoms with E-state index in [0.29, 0.717) is 6.54 Å². The highest BCUT2D eigenvalue weighted by molar-refractivity contribution is 6.15. The molecule has 150 valence electrons. The molecule has 0 fully saturated rings. The molecule has 30 heavy (non-hydrogen) atoms. The first kappa shape index (κ1) is 18.6. The fourth-order valence-corrected chi connectivity index (χ4v) is 4.34. The average Bonchev–Trinajstić information content (AvgIpc) is 3.17. The standard InChI is InChI=1S/C24H23N5O/c1-15-10-17(7-9-25-15)23-20-14-27-19(11-18(20)13-28-23)12-22(30)29-21-6-2-4-16-5-3-8-26-24(16)21/h3,5,7-11,14,21H,2,4,6,12-13H2,1H3,(H,29,30)/t21-/m1/s1. The fraction of sp³-hybridized carbons (Fsp3) is 0.292. The van der Waals surface area contributed by atoms with Crippen LogP contribution in [0.2, 0.25) is 0 Å². The zero-order chi connectivity index (χ0) is 20.5. The second-order valence-corrected chi connectivity index (χ2v) is 7.92. The van der Waals surface area contributed by atoms with Crippen LogP contribution >= 0.6 is 0 Å². The van der Waals surface area contributed by atoms with Crippen LogP contribution in [0.4, 0.5) is 0 Å². The van der Waals surface area contributed by atoms with Gasteiger partial charge in [-0.3, -0.25) is 24.7 Å². The van der Waals surface area contributed by atoms with Gasteiger partial charge in [0.2, 0.25) is 5.91 Å². The number of carbonyl (C=O) groups is 1. The molecule has 1 amide bonds. The first-order valence-corrected chi connectivity index (χ1v) is 10.4. The molecule has 1 aliphatic heterocycles. The van der Waals surface area contributed by atoms with Gasteiger partial charge in [-0.2, -0.15) is 0 Å². The Hall–Kier alpha value is -3.41. The largest absolute Gasteiger partial charge is 0.347 e. The number of hydrogen-bond donors (Lipinski definition) is 1. The summed E-state index contributed by atoms with van der Waals surface area (Å²) in [4.78, 5) is 30.7. The Kier molecular flexibility index (Phi) is 4.83. The van der Waals surface area contributed by atoms with Crippen molar-refractivity contribution in [1.29, 1.82) is 0 Å². The molecule has 0 aromatic carbocycles. The van der Waals surface area contributed by atoms with Crippen LogP contribution in [0.15, 0.2) is 53.9 Å². The van der Waals surface area contributed by atoms with Crippen LogP contribution in [0.5, 0.6) is 0 Å². The maximum Gasteiger partial charge on any atom is 0.226 e. The van der Waals surface area contributed by atoms with Crippen molar-refractivity contribution in [3.8, 4) is 0 Å². The topological polar surface area (TPSA) is 80.1 Å². The molecular weight excluding hydrogens is 374 g/mol. The Morgan fingerprint density at radius 1 is 1.13 bits per heavy atom. The molecule has 2 aliphatic rings. The summed E-state index contributed by atoms with van der Waals surface area (Å²) in [5, 5.41) is 3.16. The summed E-state index contributed by atoms with van der Waals surface area (Å²) in [6, 6.07) is 10.1. The molecule has 0 spiro atoms. The lowest BCUT2D eigenvalue weighted by atomic mass is 9.92. The van der Waals surface area contributed by atoms with E-state index in [-0.39, 0.29) is 18.4 Å². The molecule has 3 aromatic rings. The van der Waals surface area contributed by atoms with Crippen molar-refractivity contribution in [2.45, 2.75) is 45.2 Å². The molecule has 4 heterocycles. The predicted octanol–water partition coefficient (Wildman–Crippen LogP) is 3.27. The third-order valence-electron chi connectivity index (χ3n) is 5.75.